The van der Waals surface area contributed by atoms with Gasteiger partial charge in [0.05, 0.1) is 11.4 Å². The minimum Gasteiger partial charge on any atom is -0.248 e. The Morgan fingerprint density at radius 1 is 0.700 bits per heavy atom. The fourth-order valence-corrected chi connectivity index (χ4v) is 2.05. The van der Waals surface area contributed by atoms with Crippen LogP contribution in [0.2, 0.25) is 0 Å². The summed E-state index contributed by atoms with van der Waals surface area (Å²) >= 11 is 0. The highest BCUT2D eigenvalue weighted by Gasteiger charge is 2.08. The molecule has 0 saturated carbocycles. The first-order valence-electron chi connectivity index (χ1n) is 6.22. The molecule has 2 aromatic carbocycles. The Morgan fingerprint density at radius 2 is 1.45 bits per heavy atom. The molecule has 3 aromatic rings. The molecule has 3 heteroatoms. The number of nitrogens with zero attached hydrogens (tertiary/aromatic N) is 1. The van der Waals surface area contributed by atoms with Crippen LogP contribution in [0, 0.1) is 11.6 Å². The van der Waals surface area contributed by atoms with Gasteiger partial charge in [-0.15, -0.1) is 0 Å². The van der Waals surface area contributed by atoms with Crippen LogP contribution in [-0.2, 0) is 0 Å². The summed E-state index contributed by atoms with van der Waals surface area (Å²) in [6, 6.07) is 18.5. The van der Waals surface area contributed by atoms with Gasteiger partial charge in [-0.3, -0.25) is 0 Å². The Bertz CT molecular complexity index is 739. The van der Waals surface area contributed by atoms with E-state index < -0.39 is 11.6 Å². The first-order chi connectivity index (χ1) is 9.74. The second kappa shape index (κ2) is 5.21. The molecule has 1 heterocycles. The number of benzene rings is 2. The molecule has 0 radical (unpaired) electrons. The minimum absolute atomic E-state index is 0.296. The molecule has 0 fully saturated rings. The standard InChI is InChI=1S/C17H11F2N/c18-13-9-10-14(15(19)11-13)17-8-4-7-16(20-17)12-5-2-1-3-6-12/h1-11H. The van der Waals surface area contributed by atoms with Crippen LogP contribution < -0.4 is 0 Å². The van der Waals surface area contributed by atoms with E-state index in [1.165, 1.54) is 12.1 Å². The SMILES string of the molecule is Fc1ccc(-c2cccc(-c3ccccc3)n2)c(F)c1. The number of aromatic nitrogens is 1. The molecular formula is C17H11F2N. The second-order valence-electron chi connectivity index (χ2n) is 4.40. The van der Waals surface area contributed by atoms with Gasteiger partial charge in [-0.1, -0.05) is 36.4 Å². The van der Waals surface area contributed by atoms with Gasteiger partial charge in [-0.25, -0.2) is 13.8 Å². The summed E-state index contributed by atoms with van der Waals surface area (Å²) in [5.74, 6) is -1.20. The van der Waals surface area contributed by atoms with Crippen molar-refractivity contribution in [1.29, 1.82) is 0 Å². The molecule has 3 rings (SSSR count). The fraction of sp³-hybridized carbons (Fsp3) is 0. The normalized spacial score (nSPS) is 10.5. The number of hydrogen-bond donors (Lipinski definition) is 0. The largest absolute Gasteiger partial charge is 0.248 e. The zero-order valence-electron chi connectivity index (χ0n) is 10.6. The molecule has 0 aliphatic heterocycles. The third kappa shape index (κ3) is 2.43. The lowest BCUT2D eigenvalue weighted by molar-refractivity contribution is 0.585. The minimum atomic E-state index is -0.609. The zero-order chi connectivity index (χ0) is 13.9. The first kappa shape index (κ1) is 12.5. The average molecular weight is 267 g/mol. The number of pyridine rings is 1. The summed E-state index contributed by atoms with van der Waals surface area (Å²) in [6.07, 6.45) is 0. The van der Waals surface area contributed by atoms with Crippen molar-refractivity contribution in [2.75, 3.05) is 0 Å². The maximum absolute atomic E-state index is 13.8. The first-order valence-corrected chi connectivity index (χ1v) is 6.22. The number of hydrogen-bond acceptors (Lipinski definition) is 1. The summed E-state index contributed by atoms with van der Waals surface area (Å²) in [5.41, 5.74) is 2.50. The van der Waals surface area contributed by atoms with Crippen molar-refractivity contribution in [2.24, 2.45) is 0 Å². The highest BCUT2D eigenvalue weighted by Crippen LogP contribution is 2.24. The lowest BCUT2D eigenvalue weighted by Crippen LogP contribution is -1.91. The highest BCUT2D eigenvalue weighted by atomic mass is 19.1. The average Bonchev–Trinajstić information content (AvgIpc) is 2.48. The maximum Gasteiger partial charge on any atom is 0.135 e. The topological polar surface area (TPSA) is 12.9 Å². The molecule has 0 amide bonds. The molecule has 20 heavy (non-hydrogen) atoms. The van der Waals surface area contributed by atoms with Crippen molar-refractivity contribution < 1.29 is 8.78 Å². The molecule has 0 saturated heterocycles. The van der Waals surface area contributed by atoms with E-state index in [9.17, 15) is 8.78 Å². The fourth-order valence-electron chi connectivity index (χ4n) is 2.05. The van der Waals surface area contributed by atoms with Crippen LogP contribution in [0.3, 0.4) is 0 Å². The van der Waals surface area contributed by atoms with Crippen molar-refractivity contribution in [2.45, 2.75) is 0 Å². The van der Waals surface area contributed by atoms with E-state index in [2.05, 4.69) is 4.98 Å². The molecular weight excluding hydrogens is 256 g/mol. The van der Waals surface area contributed by atoms with Gasteiger partial charge in [0.15, 0.2) is 0 Å². The van der Waals surface area contributed by atoms with Crippen molar-refractivity contribution in [1.82, 2.24) is 4.98 Å². The van der Waals surface area contributed by atoms with Crippen LogP contribution in [0.25, 0.3) is 22.5 Å². The highest BCUT2D eigenvalue weighted by molar-refractivity contribution is 5.66. The van der Waals surface area contributed by atoms with E-state index in [-0.39, 0.29) is 0 Å². The van der Waals surface area contributed by atoms with E-state index in [0.29, 0.717) is 11.3 Å². The van der Waals surface area contributed by atoms with Crippen LogP contribution in [0.15, 0.2) is 66.7 Å². The van der Waals surface area contributed by atoms with Gasteiger partial charge in [0.1, 0.15) is 11.6 Å². The Balaban J connectivity index is 2.08. The van der Waals surface area contributed by atoms with Gasteiger partial charge in [0.25, 0.3) is 0 Å². The lowest BCUT2D eigenvalue weighted by Gasteiger charge is -2.06. The van der Waals surface area contributed by atoms with Gasteiger partial charge >= 0.3 is 0 Å². The summed E-state index contributed by atoms with van der Waals surface area (Å²) < 4.78 is 26.7. The van der Waals surface area contributed by atoms with E-state index in [4.69, 9.17) is 0 Å². The van der Waals surface area contributed by atoms with Gasteiger partial charge in [0, 0.05) is 17.2 Å². The Kier molecular flexibility index (Phi) is 3.25. The van der Waals surface area contributed by atoms with Crippen LogP contribution in [0.4, 0.5) is 8.78 Å². The molecule has 0 aliphatic carbocycles. The number of rotatable bonds is 2. The zero-order valence-corrected chi connectivity index (χ0v) is 10.6. The molecule has 0 unspecified atom stereocenters. The molecule has 0 atom stereocenters. The molecule has 98 valence electrons. The second-order valence-corrected chi connectivity index (χ2v) is 4.40. The van der Waals surface area contributed by atoms with Crippen molar-refractivity contribution in [3.63, 3.8) is 0 Å². The molecule has 0 aliphatic rings. The van der Waals surface area contributed by atoms with Gasteiger partial charge < -0.3 is 0 Å². The third-order valence-electron chi connectivity index (χ3n) is 3.03. The predicted octanol–water partition coefficient (Wildman–Crippen LogP) is 4.69. The summed E-state index contributed by atoms with van der Waals surface area (Å²) in [5, 5.41) is 0. The van der Waals surface area contributed by atoms with Gasteiger partial charge in [0.2, 0.25) is 0 Å². The predicted molar refractivity (Wildman–Crippen MR) is 75.0 cm³/mol. The Morgan fingerprint density at radius 3 is 2.20 bits per heavy atom. The molecule has 1 nitrogen and oxygen atoms in total. The van der Waals surface area contributed by atoms with Crippen LogP contribution in [0.5, 0.6) is 0 Å². The Labute approximate surface area is 115 Å². The van der Waals surface area contributed by atoms with E-state index in [1.807, 2.05) is 42.5 Å². The summed E-state index contributed by atoms with van der Waals surface area (Å²) in [4.78, 5) is 4.44. The molecule has 0 spiro atoms. The molecule has 1 aromatic heterocycles. The summed E-state index contributed by atoms with van der Waals surface area (Å²) in [6.45, 7) is 0. The van der Waals surface area contributed by atoms with Crippen LogP contribution >= 0.6 is 0 Å². The van der Waals surface area contributed by atoms with E-state index >= 15 is 0 Å². The lowest BCUT2D eigenvalue weighted by atomic mass is 10.1. The van der Waals surface area contributed by atoms with E-state index in [1.54, 1.807) is 6.07 Å². The number of halogens is 2. The molecule has 0 N–H and O–H groups in total. The van der Waals surface area contributed by atoms with Gasteiger partial charge in [-0.05, 0) is 24.3 Å². The van der Waals surface area contributed by atoms with Crippen molar-refractivity contribution in [3.8, 4) is 22.5 Å². The Hall–Kier alpha value is -2.55. The summed E-state index contributed by atoms with van der Waals surface area (Å²) in [7, 11) is 0. The quantitative estimate of drug-likeness (QED) is 0.656. The monoisotopic (exact) mass is 267 g/mol. The van der Waals surface area contributed by atoms with Crippen LogP contribution in [-0.4, -0.2) is 4.98 Å². The third-order valence-corrected chi connectivity index (χ3v) is 3.03. The van der Waals surface area contributed by atoms with Gasteiger partial charge in [-0.2, -0.15) is 0 Å². The maximum atomic E-state index is 13.8. The van der Waals surface area contributed by atoms with Crippen LogP contribution in [0.1, 0.15) is 0 Å². The smallest absolute Gasteiger partial charge is 0.135 e. The van der Waals surface area contributed by atoms with Crippen molar-refractivity contribution >= 4 is 0 Å². The molecule has 0 bridgehead atoms. The van der Waals surface area contributed by atoms with Crippen molar-refractivity contribution in [3.05, 3.63) is 78.4 Å². The van der Waals surface area contributed by atoms with E-state index in [0.717, 1.165) is 17.3 Å².